The fourth-order valence-corrected chi connectivity index (χ4v) is 3.63. The molecule has 3 aromatic rings. The number of amides is 1. The van der Waals surface area contributed by atoms with Crippen LogP contribution >= 0.6 is 11.3 Å². The van der Waals surface area contributed by atoms with Crippen LogP contribution in [0.5, 0.6) is 11.5 Å². The second kappa shape index (κ2) is 8.91. The largest absolute Gasteiger partial charge is 0.497 e. The molecule has 0 saturated heterocycles. The number of hydrogen-bond acceptors (Lipinski definition) is 7. The number of Topliss-reactive ketones (excluding diaryl/α,β-unsaturated/α-hetero) is 1. The van der Waals surface area contributed by atoms with E-state index in [1.54, 1.807) is 33.3 Å². The van der Waals surface area contributed by atoms with Crippen molar-refractivity contribution in [3.8, 4) is 22.8 Å². The maximum atomic E-state index is 12.3. The zero-order valence-electron chi connectivity index (χ0n) is 16.7. The van der Waals surface area contributed by atoms with Gasteiger partial charge in [-0.15, -0.1) is 11.3 Å². The molecule has 0 spiro atoms. The Balaban J connectivity index is 1.63. The van der Waals surface area contributed by atoms with E-state index in [1.807, 2.05) is 17.5 Å². The maximum Gasteiger partial charge on any atom is 0.226 e. The lowest BCUT2D eigenvalue weighted by Gasteiger charge is -2.08. The molecular formula is C21H22N2O5S. The predicted octanol–water partition coefficient (Wildman–Crippen LogP) is 4.50. The number of carbonyl (C=O) groups excluding carboxylic acids is 2. The molecule has 1 aromatic carbocycles. The van der Waals surface area contributed by atoms with Crippen molar-refractivity contribution in [2.75, 3.05) is 19.5 Å². The third-order valence-electron chi connectivity index (χ3n) is 4.38. The molecule has 7 nitrogen and oxygen atoms in total. The molecular weight excluding hydrogens is 392 g/mol. The molecule has 0 aliphatic heterocycles. The molecule has 0 fully saturated rings. The normalized spacial score (nSPS) is 10.6. The Morgan fingerprint density at radius 2 is 2.00 bits per heavy atom. The number of nitrogens with zero attached hydrogens (tertiary/aromatic N) is 1. The summed E-state index contributed by atoms with van der Waals surface area (Å²) in [6, 6.07) is 7.18. The highest BCUT2D eigenvalue weighted by atomic mass is 32.1. The second-order valence-corrected chi connectivity index (χ2v) is 7.25. The summed E-state index contributed by atoms with van der Waals surface area (Å²) >= 11 is 1.34. The number of aromatic nitrogens is 1. The lowest BCUT2D eigenvalue weighted by Crippen LogP contribution is -2.12. The van der Waals surface area contributed by atoms with E-state index in [2.05, 4.69) is 10.3 Å². The Labute approximate surface area is 172 Å². The second-order valence-electron chi connectivity index (χ2n) is 6.39. The van der Waals surface area contributed by atoms with Gasteiger partial charge in [0.25, 0.3) is 0 Å². The standard InChI is InChI=1S/C21H22N2O5S/c1-12(24)17-9-15(28-13(17)2)6-8-20(25)23-21-22-18(11-29-21)16-7-5-14(26-3)10-19(16)27-4/h5,7,9-11H,6,8H2,1-4H3,(H,22,23,25). The number of methoxy groups -OCH3 is 2. The quantitative estimate of drug-likeness (QED) is 0.546. The van der Waals surface area contributed by atoms with Crippen LogP contribution in [0.1, 0.15) is 35.2 Å². The summed E-state index contributed by atoms with van der Waals surface area (Å²) in [7, 11) is 3.18. The van der Waals surface area contributed by atoms with E-state index >= 15 is 0 Å². The Bertz CT molecular complexity index is 1040. The molecule has 0 radical (unpaired) electrons. The molecule has 152 valence electrons. The minimum atomic E-state index is -0.175. The van der Waals surface area contributed by atoms with Crippen LogP contribution in [-0.4, -0.2) is 30.9 Å². The molecule has 0 aliphatic rings. The van der Waals surface area contributed by atoms with E-state index in [-0.39, 0.29) is 18.1 Å². The van der Waals surface area contributed by atoms with Crippen LogP contribution in [-0.2, 0) is 11.2 Å². The van der Waals surface area contributed by atoms with Gasteiger partial charge in [-0.05, 0) is 32.0 Å². The van der Waals surface area contributed by atoms with Gasteiger partial charge in [-0.3, -0.25) is 9.59 Å². The Morgan fingerprint density at radius 3 is 2.66 bits per heavy atom. The summed E-state index contributed by atoms with van der Waals surface area (Å²) in [5, 5.41) is 5.16. The van der Waals surface area contributed by atoms with Crippen molar-refractivity contribution in [2.24, 2.45) is 0 Å². The van der Waals surface area contributed by atoms with E-state index < -0.39 is 0 Å². The maximum absolute atomic E-state index is 12.3. The minimum absolute atomic E-state index is 0.0498. The van der Waals surface area contributed by atoms with Gasteiger partial charge in [0.05, 0.1) is 25.5 Å². The van der Waals surface area contributed by atoms with E-state index in [0.29, 0.717) is 45.8 Å². The SMILES string of the molecule is COc1ccc(-c2csc(NC(=O)CCc3cc(C(C)=O)c(C)o3)n2)c(OC)c1. The van der Waals surface area contributed by atoms with Gasteiger partial charge in [-0.25, -0.2) is 4.98 Å². The monoisotopic (exact) mass is 414 g/mol. The molecule has 1 N–H and O–H groups in total. The summed E-state index contributed by atoms with van der Waals surface area (Å²) in [5.74, 6) is 2.30. The third kappa shape index (κ3) is 4.83. The van der Waals surface area contributed by atoms with Crippen molar-refractivity contribution in [2.45, 2.75) is 26.7 Å². The molecule has 0 atom stereocenters. The number of thiazole rings is 1. The molecule has 0 bridgehead atoms. The van der Waals surface area contributed by atoms with Crippen LogP contribution in [0.4, 0.5) is 5.13 Å². The van der Waals surface area contributed by atoms with E-state index in [4.69, 9.17) is 13.9 Å². The molecule has 1 amide bonds. The fourth-order valence-electron chi connectivity index (χ4n) is 2.90. The number of carbonyl (C=O) groups is 2. The molecule has 3 rings (SSSR count). The zero-order valence-corrected chi connectivity index (χ0v) is 17.5. The van der Waals surface area contributed by atoms with Crippen LogP contribution in [0.2, 0.25) is 0 Å². The number of rotatable bonds is 8. The number of ether oxygens (including phenoxy) is 2. The van der Waals surface area contributed by atoms with Gasteiger partial charge in [0, 0.05) is 29.9 Å². The van der Waals surface area contributed by atoms with Crippen molar-refractivity contribution < 1.29 is 23.5 Å². The van der Waals surface area contributed by atoms with Crippen LogP contribution in [0.3, 0.4) is 0 Å². The van der Waals surface area contributed by atoms with Crippen molar-refractivity contribution in [3.05, 3.63) is 46.7 Å². The number of nitrogens with one attached hydrogen (secondary N) is 1. The highest BCUT2D eigenvalue weighted by Gasteiger charge is 2.15. The number of aryl methyl sites for hydroxylation is 2. The highest BCUT2D eigenvalue weighted by molar-refractivity contribution is 7.14. The first-order valence-electron chi connectivity index (χ1n) is 8.99. The topological polar surface area (TPSA) is 90.7 Å². The van der Waals surface area contributed by atoms with Gasteiger partial charge >= 0.3 is 0 Å². The Kier molecular flexibility index (Phi) is 6.33. The van der Waals surface area contributed by atoms with Crippen molar-refractivity contribution in [1.29, 1.82) is 0 Å². The predicted molar refractivity (Wildman–Crippen MR) is 111 cm³/mol. The number of benzene rings is 1. The molecule has 0 unspecified atom stereocenters. The van der Waals surface area contributed by atoms with Gasteiger partial charge in [-0.2, -0.15) is 0 Å². The summed E-state index contributed by atoms with van der Waals surface area (Å²) in [4.78, 5) is 28.2. The first-order chi connectivity index (χ1) is 13.9. The van der Waals surface area contributed by atoms with Gasteiger partial charge in [0.2, 0.25) is 5.91 Å². The summed E-state index contributed by atoms with van der Waals surface area (Å²) < 4.78 is 16.2. The molecule has 29 heavy (non-hydrogen) atoms. The van der Waals surface area contributed by atoms with Gasteiger partial charge < -0.3 is 19.2 Å². The lowest BCUT2D eigenvalue weighted by atomic mass is 10.1. The summed E-state index contributed by atoms with van der Waals surface area (Å²) in [6.07, 6.45) is 0.634. The minimum Gasteiger partial charge on any atom is -0.497 e. The van der Waals surface area contributed by atoms with Gasteiger partial charge in [0.1, 0.15) is 23.0 Å². The highest BCUT2D eigenvalue weighted by Crippen LogP contribution is 2.34. The molecule has 2 aromatic heterocycles. The first kappa shape index (κ1) is 20.6. The van der Waals surface area contributed by atoms with Crippen LogP contribution in [0.15, 0.2) is 34.1 Å². The Morgan fingerprint density at radius 1 is 1.21 bits per heavy atom. The fraction of sp³-hybridized carbons (Fsp3) is 0.286. The molecule has 0 saturated carbocycles. The number of anilines is 1. The third-order valence-corrected chi connectivity index (χ3v) is 5.14. The Hall–Kier alpha value is -3.13. The summed E-state index contributed by atoms with van der Waals surface area (Å²) in [6.45, 7) is 3.23. The van der Waals surface area contributed by atoms with Crippen molar-refractivity contribution in [1.82, 2.24) is 4.98 Å². The van der Waals surface area contributed by atoms with Gasteiger partial charge in [0.15, 0.2) is 10.9 Å². The van der Waals surface area contributed by atoms with Crippen molar-refractivity contribution in [3.63, 3.8) is 0 Å². The van der Waals surface area contributed by atoms with E-state index in [9.17, 15) is 9.59 Å². The smallest absolute Gasteiger partial charge is 0.226 e. The van der Waals surface area contributed by atoms with Crippen LogP contribution in [0.25, 0.3) is 11.3 Å². The van der Waals surface area contributed by atoms with Crippen LogP contribution < -0.4 is 14.8 Å². The van der Waals surface area contributed by atoms with E-state index in [0.717, 1.165) is 5.56 Å². The summed E-state index contributed by atoms with van der Waals surface area (Å²) in [5.41, 5.74) is 2.07. The lowest BCUT2D eigenvalue weighted by molar-refractivity contribution is -0.116. The number of furan rings is 1. The van der Waals surface area contributed by atoms with Crippen LogP contribution in [0, 0.1) is 6.92 Å². The number of hydrogen-bond donors (Lipinski definition) is 1. The molecule has 2 heterocycles. The zero-order chi connectivity index (χ0) is 21.0. The van der Waals surface area contributed by atoms with Crippen molar-refractivity contribution >= 4 is 28.2 Å². The van der Waals surface area contributed by atoms with E-state index in [1.165, 1.54) is 18.3 Å². The van der Waals surface area contributed by atoms with Gasteiger partial charge in [-0.1, -0.05) is 0 Å². The average molecular weight is 414 g/mol. The number of ketones is 1. The first-order valence-corrected chi connectivity index (χ1v) is 9.87. The molecule has 8 heteroatoms. The average Bonchev–Trinajstić information content (AvgIpc) is 3.32. The molecule has 0 aliphatic carbocycles.